The molecule has 1 N–H and O–H groups in total. The SMILES string of the molecule is C[C@H](c1ccccc1)N1C[C@H](c2cc(Cl)ccc2O)[C@@H](c2ccccc2Br)C1. The molecule has 0 aromatic heterocycles. The van der Waals surface area contributed by atoms with E-state index in [1.54, 1.807) is 12.1 Å². The summed E-state index contributed by atoms with van der Waals surface area (Å²) in [6.45, 7) is 4.05. The van der Waals surface area contributed by atoms with Crippen LogP contribution in [-0.2, 0) is 0 Å². The summed E-state index contributed by atoms with van der Waals surface area (Å²) in [5.41, 5.74) is 3.51. The van der Waals surface area contributed by atoms with Gasteiger partial charge in [0.25, 0.3) is 0 Å². The molecule has 1 heterocycles. The van der Waals surface area contributed by atoms with Gasteiger partial charge in [0.1, 0.15) is 5.75 Å². The highest BCUT2D eigenvalue weighted by Gasteiger charge is 2.39. The fraction of sp³-hybridized carbons (Fsp3) is 0.250. The lowest BCUT2D eigenvalue weighted by Gasteiger charge is -2.25. The molecule has 0 aliphatic carbocycles. The van der Waals surface area contributed by atoms with Crippen molar-refractivity contribution in [2.24, 2.45) is 0 Å². The molecule has 1 fully saturated rings. The van der Waals surface area contributed by atoms with Gasteiger partial charge in [-0.25, -0.2) is 0 Å². The number of rotatable bonds is 4. The number of likely N-dealkylation sites (tertiary alicyclic amines) is 1. The Morgan fingerprint density at radius 3 is 2.29 bits per heavy atom. The lowest BCUT2D eigenvalue weighted by molar-refractivity contribution is 0.257. The zero-order chi connectivity index (χ0) is 19.7. The van der Waals surface area contributed by atoms with E-state index < -0.39 is 0 Å². The standard InChI is InChI=1S/C24H23BrClNO/c1-16(17-7-3-2-4-8-17)27-14-21(19-9-5-6-10-23(19)25)22(15-27)20-13-18(26)11-12-24(20)28/h2-13,16,21-22,28H,14-15H2,1H3/t16-,21-,22-/m1/s1. The van der Waals surface area contributed by atoms with Crippen LogP contribution in [0.1, 0.15) is 41.5 Å². The number of nitrogens with zero attached hydrogens (tertiary/aromatic N) is 1. The van der Waals surface area contributed by atoms with E-state index in [1.807, 2.05) is 12.1 Å². The number of aromatic hydroxyl groups is 1. The number of phenolic OH excluding ortho intramolecular Hbond substituents is 1. The van der Waals surface area contributed by atoms with E-state index in [9.17, 15) is 5.11 Å². The molecule has 0 unspecified atom stereocenters. The van der Waals surface area contributed by atoms with Crippen molar-refractivity contribution in [1.82, 2.24) is 4.90 Å². The van der Waals surface area contributed by atoms with Gasteiger partial charge in [-0.15, -0.1) is 0 Å². The second-order valence-corrected chi connectivity index (χ2v) is 8.77. The van der Waals surface area contributed by atoms with Crippen molar-refractivity contribution in [2.75, 3.05) is 13.1 Å². The van der Waals surface area contributed by atoms with Crippen LogP contribution < -0.4 is 0 Å². The number of benzene rings is 3. The van der Waals surface area contributed by atoms with E-state index in [1.165, 1.54) is 11.1 Å². The van der Waals surface area contributed by atoms with Crippen LogP contribution in [0.5, 0.6) is 5.75 Å². The van der Waals surface area contributed by atoms with Crippen molar-refractivity contribution in [3.8, 4) is 5.75 Å². The van der Waals surface area contributed by atoms with Crippen molar-refractivity contribution in [1.29, 1.82) is 0 Å². The molecule has 0 amide bonds. The Hall–Kier alpha value is -1.81. The van der Waals surface area contributed by atoms with Gasteiger partial charge < -0.3 is 5.11 Å². The van der Waals surface area contributed by atoms with Gasteiger partial charge in [0, 0.05) is 46.0 Å². The third-order valence-electron chi connectivity index (χ3n) is 5.87. The minimum absolute atomic E-state index is 0.170. The number of halogens is 2. The minimum atomic E-state index is 0.170. The predicted octanol–water partition coefficient (Wildman–Crippen LogP) is 6.75. The summed E-state index contributed by atoms with van der Waals surface area (Å²) in [4.78, 5) is 2.50. The molecule has 0 bridgehead atoms. The van der Waals surface area contributed by atoms with Crippen LogP contribution >= 0.6 is 27.5 Å². The van der Waals surface area contributed by atoms with E-state index in [0.29, 0.717) is 16.8 Å². The third kappa shape index (κ3) is 3.84. The van der Waals surface area contributed by atoms with Crippen LogP contribution in [-0.4, -0.2) is 23.1 Å². The molecular weight excluding hydrogens is 434 g/mol. The molecule has 0 saturated carbocycles. The van der Waals surface area contributed by atoms with Crippen LogP contribution in [0.3, 0.4) is 0 Å². The Kier molecular flexibility index (Phi) is 5.77. The van der Waals surface area contributed by atoms with Gasteiger partial charge in [-0.2, -0.15) is 0 Å². The summed E-state index contributed by atoms with van der Waals surface area (Å²) in [7, 11) is 0. The molecule has 3 atom stereocenters. The molecule has 1 aliphatic rings. The zero-order valence-electron chi connectivity index (χ0n) is 15.7. The number of hydrogen-bond acceptors (Lipinski definition) is 2. The first kappa shape index (κ1) is 19.5. The normalized spacial score (nSPS) is 21.0. The first-order valence-electron chi connectivity index (χ1n) is 9.56. The quantitative estimate of drug-likeness (QED) is 0.469. The third-order valence-corrected chi connectivity index (χ3v) is 6.83. The Bertz CT molecular complexity index is 962. The molecule has 1 aliphatic heterocycles. The summed E-state index contributed by atoms with van der Waals surface area (Å²) in [5.74, 6) is 0.760. The molecule has 3 aromatic rings. The second-order valence-electron chi connectivity index (χ2n) is 7.48. The van der Waals surface area contributed by atoms with Crippen molar-refractivity contribution in [3.05, 3.63) is 99.0 Å². The van der Waals surface area contributed by atoms with Crippen molar-refractivity contribution < 1.29 is 5.11 Å². The van der Waals surface area contributed by atoms with Gasteiger partial charge in [0.15, 0.2) is 0 Å². The predicted molar refractivity (Wildman–Crippen MR) is 119 cm³/mol. The highest BCUT2D eigenvalue weighted by molar-refractivity contribution is 9.10. The van der Waals surface area contributed by atoms with Crippen LogP contribution in [0.4, 0.5) is 0 Å². The van der Waals surface area contributed by atoms with E-state index in [0.717, 1.165) is 23.1 Å². The van der Waals surface area contributed by atoms with Crippen molar-refractivity contribution in [3.63, 3.8) is 0 Å². The van der Waals surface area contributed by atoms with E-state index in [4.69, 9.17) is 11.6 Å². The Morgan fingerprint density at radius 1 is 0.929 bits per heavy atom. The van der Waals surface area contributed by atoms with E-state index in [2.05, 4.69) is 76.3 Å². The fourth-order valence-corrected chi connectivity index (χ4v) is 5.08. The monoisotopic (exact) mass is 455 g/mol. The van der Waals surface area contributed by atoms with Gasteiger partial charge in [-0.05, 0) is 42.3 Å². The van der Waals surface area contributed by atoms with Crippen LogP contribution in [0.25, 0.3) is 0 Å². The fourth-order valence-electron chi connectivity index (χ4n) is 4.32. The number of hydrogen-bond donors (Lipinski definition) is 1. The highest BCUT2D eigenvalue weighted by Crippen LogP contribution is 2.47. The molecule has 0 spiro atoms. The first-order chi connectivity index (χ1) is 13.5. The molecule has 144 valence electrons. The van der Waals surface area contributed by atoms with Gasteiger partial charge in [-0.1, -0.05) is 76.1 Å². The maximum absolute atomic E-state index is 10.6. The minimum Gasteiger partial charge on any atom is -0.508 e. The highest BCUT2D eigenvalue weighted by atomic mass is 79.9. The maximum atomic E-state index is 10.6. The molecule has 4 heteroatoms. The summed E-state index contributed by atoms with van der Waals surface area (Å²) in [6.07, 6.45) is 0. The Labute approximate surface area is 179 Å². The van der Waals surface area contributed by atoms with Crippen LogP contribution in [0.2, 0.25) is 5.02 Å². The Morgan fingerprint density at radius 2 is 1.57 bits per heavy atom. The molecule has 1 saturated heterocycles. The maximum Gasteiger partial charge on any atom is 0.119 e. The average Bonchev–Trinajstić information content (AvgIpc) is 3.15. The van der Waals surface area contributed by atoms with Crippen LogP contribution in [0, 0.1) is 0 Å². The van der Waals surface area contributed by atoms with Crippen molar-refractivity contribution >= 4 is 27.5 Å². The van der Waals surface area contributed by atoms with Gasteiger partial charge >= 0.3 is 0 Å². The zero-order valence-corrected chi connectivity index (χ0v) is 18.1. The van der Waals surface area contributed by atoms with Crippen LogP contribution in [0.15, 0.2) is 77.3 Å². The first-order valence-corrected chi connectivity index (χ1v) is 10.7. The van der Waals surface area contributed by atoms with Crippen molar-refractivity contribution in [2.45, 2.75) is 24.8 Å². The molecule has 0 radical (unpaired) electrons. The van der Waals surface area contributed by atoms with Gasteiger partial charge in [0.05, 0.1) is 0 Å². The molecule has 4 rings (SSSR count). The van der Waals surface area contributed by atoms with Gasteiger partial charge in [0.2, 0.25) is 0 Å². The molecule has 3 aromatic carbocycles. The summed E-state index contributed by atoms with van der Waals surface area (Å²) in [6, 6.07) is 24.7. The lowest BCUT2D eigenvalue weighted by Crippen LogP contribution is -2.24. The molecule has 2 nitrogen and oxygen atoms in total. The summed E-state index contributed by atoms with van der Waals surface area (Å²) < 4.78 is 1.11. The van der Waals surface area contributed by atoms with E-state index in [-0.39, 0.29) is 11.8 Å². The van der Waals surface area contributed by atoms with Gasteiger partial charge in [-0.3, -0.25) is 4.90 Å². The largest absolute Gasteiger partial charge is 0.508 e. The smallest absolute Gasteiger partial charge is 0.119 e. The summed E-state index contributed by atoms with van der Waals surface area (Å²) >= 11 is 10.0. The average molecular weight is 457 g/mol. The molecular formula is C24H23BrClNO. The van der Waals surface area contributed by atoms with E-state index >= 15 is 0 Å². The topological polar surface area (TPSA) is 23.5 Å². The lowest BCUT2D eigenvalue weighted by atomic mass is 9.84. The molecule has 28 heavy (non-hydrogen) atoms. The summed E-state index contributed by atoms with van der Waals surface area (Å²) in [5, 5.41) is 11.2. The number of phenols is 1. The Balaban J connectivity index is 1.73. The second kappa shape index (κ2) is 8.28.